The molecule has 2 rings (SSSR count). The maximum atomic E-state index is 12.2. The molecule has 1 aliphatic heterocycles. The molecule has 4 nitrogen and oxygen atoms in total. The second kappa shape index (κ2) is 6.70. The van der Waals surface area contributed by atoms with E-state index in [1.807, 2.05) is 13.8 Å². The quantitative estimate of drug-likeness (QED) is 0.838. The summed E-state index contributed by atoms with van der Waals surface area (Å²) >= 11 is 7.48. The third-order valence-corrected chi connectivity index (χ3v) is 5.15. The average molecular weight is 315 g/mol. The van der Waals surface area contributed by atoms with Crippen molar-refractivity contribution in [3.05, 3.63) is 23.2 Å². The highest BCUT2D eigenvalue weighted by Crippen LogP contribution is 2.30. The first-order valence-electron chi connectivity index (χ1n) is 6.60. The van der Waals surface area contributed by atoms with Crippen LogP contribution in [-0.4, -0.2) is 29.1 Å². The number of nitrogens with one attached hydrogen (secondary N) is 1. The van der Waals surface area contributed by atoms with Crippen LogP contribution < -0.4 is 11.1 Å². The van der Waals surface area contributed by atoms with E-state index in [2.05, 4.69) is 5.32 Å². The molecule has 0 bridgehead atoms. The number of amides is 1. The minimum atomic E-state index is -0.153. The Labute approximate surface area is 128 Å². The minimum absolute atomic E-state index is 0.0527. The number of thioether (sulfide) groups is 1. The predicted octanol–water partition coefficient (Wildman–Crippen LogP) is 3.16. The van der Waals surface area contributed by atoms with Gasteiger partial charge in [0.2, 0.25) is 5.91 Å². The molecule has 20 heavy (non-hydrogen) atoms. The zero-order chi connectivity index (χ0) is 14.7. The van der Waals surface area contributed by atoms with E-state index in [1.165, 1.54) is 0 Å². The maximum absolute atomic E-state index is 12.2. The average Bonchev–Trinajstić information content (AvgIpc) is 2.78. The number of nitrogens with two attached hydrogens (primary N) is 1. The van der Waals surface area contributed by atoms with Gasteiger partial charge >= 0.3 is 0 Å². The van der Waals surface area contributed by atoms with Gasteiger partial charge in [-0.05, 0) is 38.5 Å². The third-order valence-electron chi connectivity index (χ3n) is 3.33. The van der Waals surface area contributed by atoms with E-state index in [9.17, 15) is 4.79 Å². The van der Waals surface area contributed by atoms with Gasteiger partial charge in [-0.1, -0.05) is 11.6 Å². The highest BCUT2D eigenvalue weighted by atomic mass is 35.5. The van der Waals surface area contributed by atoms with Gasteiger partial charge in [-0.25, -0.2) is 0 Å². The molecule has 1 saturated heterocycles. The van der Waals surface area contributed by atoms with Crippen molar-refractivity contribution in [1.29, 1.82) is 0 Å². The summed E-state index contributed by atoms with van der Waals surface area (Å²) in [6, 6.07) is 5.05. The number of benzene rings is 1. The largest absolute Gasteiger partial charge is 0.397 e. The molecule has 110 valence electrons. The lowest BCUT2D eigenvalue weighted by Crippen LogP contribution is -2.27. The van der Waals surface area contributed by atoms with Crippen molar-refractivity contribution < 1.29 is 9.53 Å². The van der Waals surface area contributed by atoms with Crippen LogP contribution in [-0.2, 0) is 9.53 Å². The topological polar surface area (TPSA) is 64.3 Å². The molecule has 1 amide bonds. The van der Waals surface area contributed by atoms with Crippen LogP contribution in [0, 0.1) is 0 Å². The highest BCUT2D eigenvalue weighted by molar-refractivity contribution is 8.01. The molecular weight excluding hydrogens is 296 g/mol. The summed E-state index contributed by atoms with van der Waals surface area (Å²) in [5.41, 5.74) is 6.90. The number of ether oxygens (including phenoxy) is 1. The molecule has 6 heteroatoms. The molecule has 1 aliphatic rings. The highest BCUT2D eigenvalue weighted by Gasteiger charge is 2.28. The van der Waals surface area contributed by atoms with Crippen LogP contribution in [0.25, 0.3) is 0 Å². The number of carbonyl (C=O) groups excluding carboxylic acids is 1. The molecule has 0 aliphatic carbocycles. The van der Waals surface area contributed by atoms with Crippen LogP contribution >= 0.6 is 23.4 Å². The zero-order valence-electron chi connectivity index (χ0n) is 11.6. The monoisotopic (exact) mass is 314 g/mol. The number of hydrogen-bond acceptors (Lipinski definition) is 4. The number of carbonyl (C=O) groups is 1. The first-order valence-corrected chi connectivity index (χ1v) is 7.92. The summed E-state index contributed by atoms with van der Waals surface area (Å²) in [6.45, 7) is 4.72. The molecule has 3 unspecified atom stereocenters. The molecule has 1 aromatic carbocycles. The Bertz CT molecular complexity index is 498. The second-order valence-electron chi connectivity index (χ2n) is 4.90. The molecule has 1 heterocycles. The Morgan fingerprint density at radius 1 is 1.60 bits per heavy atom. The lowest BCUT2D eigenvalue weighted by molar-refractivity contribution is -0.115. The van der Waals surface area contributed by atoms with Gasteiger partial charge in [-0.15, -0.1) is 11.8 Å². The van der Waals surface area contributed by atoms with Crippen molar-refractivity contribution in [1.82, 2.24) is 0 Å². The van der Waals surface area contributed by atoms with Gasteiger partial charge in [-0.3, -0.25) is 4.79 Å². The van der Waals surface area contributed by atoms with Gasteiger partial charge in [0, 0.05) is 16.9 Å². The lowest BCUT2D eigenvalue weighted by atomic mass is 10.2. The Kier molecular flexibility index (Phi) is 5.18. The molecule has 0 spiro atoms. The van der Waals surface area contributed by atoms with Crippen LogP contribution in [0.3, 0.4) is 0 Å². The fourth-order valence-electron chi connectivity index (χ4n) is 2.10. The number of nitrogen functional groups attached to an aromatic ring is 1. The molecule has 0 radical (unpaired) electrons. The Morgan fingerprint density at radius 2 is 2.35 bits per heavy atom. The van der Waals surface area contributed by atoms with Crippen LogP contribution in [0.1, 0.15) is 20.3 Å². The Morgan fingerprint density at radius 3 is 2.95 bits per heavy atom. The van der Waals surface area contributed by atoms with Gasteiger partial charge in [0.05, 0.1) is 22.7 Å². The third kappa shape index (κ3) is 3.81. The molecule has 1 aromatic rings. The van der Waals surface area contributed by atoms with E-state index in [0.29, 0.717) is 21.6 Å². The summed E-state index contributed by atoms with van der Waals surface area (Å²) < 4.78 is 5.51. The zero-order valence-corrected chi connectivity index (χ0v) is 13.1. The van der Waals surface area contributed by atoms with E-state index in [0.717, 1.165) is 13.0 Å². The fourth-order valence-corrected chi connectivity index (χ4v) is 3.52. The number of rotatable bonds is 4. The molecule has 1 fully saturated rings. The van der Waals surface area contributed by atoms with E-state index >= 15 is 0 Å². The SMILES string of the molecule is CC(SC1CCOC1C)C(=O)Nc1ccc(Cl)cc1N. The molecular formula is C14H19ClN2O2S. The van der Waals surface area contributed by atoms with E-state index in [-0.39, 0.29) is 17.3 Å². The van der Waals surface area contributed by atoms with Gasteiger partial charge in [0.1, 0.15) is 0 Å². The van der Waals surface area contributed by atoms with Gasteiger partial charge in [-0.2, -0.15) is 0 Å². The molecule has 3 atom stereocenters. The van der Waals surface area contributed by atoms with Crippen LogP contribution in [0.15, 0.2) is 18.2 Å². The second-order valence-corrected chi connectivity index (χ2v) is 6.92. The summed E-state index contributed by atoms with van der Waals surface area (Å²) in [5.74, 6) is -0.0527. The van der Waals surface area contributed by atoms with E-state index in [4.69, 9.17) is 22.1 Å². The molecule has 3 N–H and O–H groups in total. The fraction of sp³-hybridized carbons (Fsp3) is 0.500. The maximum Gasteiger partial charge on any atom is 0.237 e. The molecule has 0 aromatic heterocycles. The van der Waals surface area contributed by atoms with Crippen molar-refractivity contribution in [3.8, 4) is 0 Å². The van der Waals surface area contributed by atoms with Crippen LogP contribution in [0.5, 0.6) is 0 Å². The standard InChI is InChI=1S/C14H19ClN2O2S/c1-8-13(5-6-19-8)20-9(2)14(18)17-12-4-3-10(15)7-11(12)16/h3-4,7-9,13H,5-6,16H2,1-2H3,(H,17,18). The van der Waals surface area contributed by atoms with Crippen LogP contribution in [0.2, 0.25) is 5.02 Å². The minimum Gasteiger partial charge on any atom is -0.397 e. The van der Waals surface area contributed by atoms with Crippen molar-refractivity contribution in [3.63, 3.8) is 0 Å². The number of hydrogen-bond donors (Lipinski definition) is 2. The number of anilines is 2. The Balaban J connectivity index is 1.93. The summed E-state index contributed by atoms with van der Waals surface area (Å²) in [4.78, 5) is 12.2. The van der Waals surface area contributed by atoms with Crippen LogP contribution in [0.4, 0.5) is 11.4 Å². The van der Waals surface area contributed by atoms with Crippen molar-refractivity contribution >= 4 is 40.6 Å². The number of halogens is 1. The van der Waals surface area contributed by atoms with Gasteiger partial charge in [0.15, 0.2) is 0 Å². The van der Waals surface area contributed by atoms with Crippen molar-refractivity contribution in [2.45, 2.75) is 36.9 Å². The first-order chi connectivity index (χ1) is 9.47. The summed E-state index contributed by atoms with van der Waals surface area (Å²) in [7, 11) is 0. The van der Waals surface area contributed by atoms with Gasteiger partial charge in [0.25, 0.3) is 0 Å². The normalized spacial score (nSPS) is 23.6. The Hall–Kier alpha value is -0.910. The predicted molar refractivity (Wildman–Crippen MR) is 85.4 cm³/mol. The molecule has 0 saturated carbocycles. The van der Waals surface area contributed by atoms with E-state index < -0.39 is 0 Å². The summed E-state index contributed by atoms with van der Waals surface area (Å²) in [6.07, 6.45) is 1.20. The van der Waals surface area contributed by atoms with Crippen molar-refractivity contribution in [2.75, 3.05) is 17.7 Å². The summed E-state index contributed by atoms with van der Waals surface area (Å²) in [5, 5.41) is 3.62. The smallest absolute Gasteiger partial charge is 0.237 e. The van der Waals surface area contributed by atoms with E-state index in [1.54, 1.807) is 30.0 Å². The van der Waals surface area contributed by atoms with Gasteiger partial charge < -0.3 is 15.8 Å². The van der Waals surface area contributed by atoms with Crippen molar-refractivity contribution in [2.24, 2.45) is 0 Å². The lowest BCUT2D eigenvalue weighted by Gasteiger charge is -2.19. The first kappa shape index (κ1) is 15.5.